The summed E-state index contributed by atoms with van der Waals surface area (Å²) in [6.07, 6.45) is 1.96. The molecular formula is C27H39N3O5S. The molecule has 0 aliphatic heterocycles. The van der Waals surface area contributed by atoms with Gasteiger partial charge in [0.25, 0.3) is 0 Å². The summed E-state index contributed by atoms with van der Waals surface area (Å²) in [6.45, 7) is 7.98. The molecule has 0 aliphatic rings. The summed E-state index contributed by atoms with van der Waals surface area (Å²) in [5.74, 6) is 0.0224. The lowest BCUT2D eigenvalue weighted by Gasteiger charge is -2.33. The number of benzene rings is 2. The van der Waals surface area contributed by atoms with E-state index in [1.807, 2.05) is 58.0 Å². The van der Waals surface area contributed by atoms with Crippen molar-refractivity contribution in [3.63, 3.8) is 0 Å². The van der Waals surface area contributed by atoms with Gasteiger partial charge >= 0.3 is 0 Å². The molecule has 0 radical (unpaired) electrons. The normalized spacial score (nSPS) is 12.5. The molecule has 1 atom stereocenters. The fourth-order valence-corrected chi connectivity index (χ4v) is 4.94. The molecule has 0 fully saturated rings. The van der Waals surface area contributed by atoms with E-state index in [4.69, 9.17) is 4.74 Å². The second kappa shape index (κ2) is 12.8. The van der Waals surface area contributed by atoms with Crippen LogP contribution in [0.3, 0.4) is 0 Å². The van der Waals surface area contributed by atoms with Gasteiger partial charge in [0.2, 0.25) is 21.8 Å². The van der Waals surface area contributed by atoms with Gasteiger partial charge in [-0.2, -0.15) is 0 Å². The Morgan fingerprint density at radius 3 is 2.19 bits per heavy atom. The molecule has 2 rings (SSSR count). The van der Waals surface area contributed by atoms with Crippen molar-refractivity contribution in [1.82, 2.24) is 10.2 Å². The summed E-state index contributed by atoms with van der Waals surface area (Å²) in [6, 6.07) is 15.8. The van der Waals surface area contributed by atoms with Crippen molar-refractivity contribution in [2.75, 3.05) is 24.2 Å². The van der Waals surface area contributed by atoms with Gasteiger partial charge in [-0.3, -0.25) is 13.9 Å². The molecule has 36 heavy (non-hydrogen) atoms. The Hall–Kier alpha value is -3.07. The fourth-order valence-electron chi connectivity index (χ4n) is 3.97. The van der Waals surface area contributed by atoms with E-state index in [0.717, 1.165) is 11.8 Å². The Morgan fingerprint density at radius 2 is 1.64 bits per heavy atom. The van der Waals surface area contributed by atoms with Crippen LogP contribution in [0, 0.1) is 0 Å². The van der Waals surface area contributed by atoms with Crippen LogP contribution in [0.5, 0.6) is 5.75 Å². The van der Waals surface area contributed by atoms with Crippen LogP contribution in [-0.4, -0.2) is 56.6 Å². The lowest BCUT2D eigenvalue weighted by Crippen LogP contribution is -2.53. The van der Waals surface area contributed by atoms with Crippen LogP contribution in [0.4, 0.5) is 5.69 Å². The quantitative estimate of drug-likeness (QED) is 0.460. The largest absolute Gasteiger partial charge is 0.495 e. The van der Waals surface area contributed by atoms with Crippen LogP contribution in [0.2, 0.25) is 0 Å². The molecule has 0 spiro atoms. The summed E-state index contributed by atoms with van der Waals surface area (Å²) in [5.41, 5.74) is 0.906. The van der Waals surface area contributed by atoms with Crippen molar-refractivity contribution in [2.45, 2.75) is 65.1 Å². The second-order valence-electron chi connectivity index (χ2n) is 9.78. The van der Waals surface area contributed by atoms with E-state index in [2.05, 4.69) is 5.32 Å². The summed E-state index contributed by atoms with van der Waals surface area (Å²) < 4.78 is 31.7. The number of carbonyl (C=O) groups is 2. The first-order valence-electron chi connectivity index (χ1n) is 12.1. The monoisotopic (exact) mass is 517 g/mol. The fraction of sp³-hybridized carbons (Fsp3) is 0.481. The minimum atomic E-state index is -3.61. The number of sulfonamides is 1. The maximum absolute atomic E-state index is 13.5. The first kappa shape index (κ1) is 29.2. The van der Waals surface area contributed by atoms with Gasteiger partial charge in [0.1, 0.15) is 11.8 Å². The lowest BCUT2D eigenvalue weighted by molar-refractivity contribution is -0.142. The van der Waals surface area contributed by atoms with Crippen LogP contribution in [0.1, 0.15) is 52.5 Å². The Labute approximate surface area is 215 Å². The standard InChI is InChI=1S/C27H39N3O5S/c1-7-22(26(32)28-27(2,3)4)29(20-21-14-9-8-10-15-21)25(31)18-13-19-30(36(6,33)34)23-16-11-12-17-24(23)35-5/h8-12,14-17,22H,7,13,18-20H2,1-6H3,(H,28,32)/t22-/m0/s1. The van der Waals surface area contributed by atoms with Crippen molar-refractivity contribution in [2.24, 2.45) is 0 Å². The highest BCUT2D eigenvalue weighted by Gasteiger charge is 2.31. The number of nitrogens with zero attached hydrogens (tertiary/aromatic N) is 2. The maximum Gasteiger partial charge on any atom is 0.243 e. The topological polar surface area (TPSA) is 96.0 Å². The molecular weight excluding hydrogens is 478 g/mol. The Morgan fingerprint density at radius 1 is 1.03 bits per heavy atom. The summed E-state index contributed by atoms with van der Waals surface area (Å²) in [4.78, 5) is 28.2. The third-order valence-electron chi connectivity index (χ3n) is 5.59. The van der Waals surface area contributed by atoms with E-state index < -0.39 is 21.6 Å². The highest BCUT2D eigenvalue weighted by Crippen LogP contribution is 2.29. The van der Waals surface area contributed by atoms with E-state index in [1.165, 1.54) is 11.4 Å². The number of ether oxygens (including phenoxy) is 1. The van der Waals surface area contributed by atoms with E-state index in [-0.39, 0.29) is 37.7 Å². The number of methoxy groups -OCH3 is 1. The second-order valence-corrected chi connectivity index (χ2v) is 11.7. The van der Waals surface area contributed by atoms with Gasteiger partial charge in [-0.1, -0.05) is 49.4 Å². The van der Waals surface area contributed by atoms with Crippen LogP contribution >= 0.6 is 0 Å². The van der Waals surface area contributed by atoms with Crippen LogP contribution in [0.15, 0.2) is 54.6 Å². The molecule has 1 N–H and O–H groups in total. The molecule has 198 valence electrons. The van der Waals surface area contributed by atoms with Crippen molar-refractivity contribution in [3.8, 4) is 5.75 Å². The van der Waals surface area contributed by atoms with Crippen LogP contribution < -0.4 is 14.4 Å². The van der Waals surface area contributed by atoms with Gasteiger partial charge in [-0.05, 0) is 51.3 Å². The first-order valence-corrected chi connectivity index (χ1v) is 14.0. The van der Waals surface area contributed by atoms with Gasteiger partial charge in [-0.15, -0.1) is 0 Å². The predicted molar refractivity (Wildman–Crippen MR) is 143 cm³/mol. The minimum absolute atomic E-state index is 0.0906. The number of nitrogens with one attached hydrogen (secondary N) is 1. The first-order chi connectivity index (χ1) is 16.9. The molecule has 9 heteroatoms. The number of amides is 2. The van der Waals surface area contributed by atoms with E-state index in [0.29, 0.717) is 17.9 Å². The number of hydrogen-bond acceptors (Lipinski definition) is 5. The molecule has 0 heterocycles. The molecule has 0 aliphatic carbocycles. The third-order valence-corrected chi connectivity index (χ3v) is 6.77. The molecule has 8 nitrogen and oxygen atoms in total. The number of hydrogen-bond donors (Lipinski definition) is 1. The Bertz CT molecular complexity index is 1110. The highest BCUT2D eigenvalue weighted by atomic mass is 32.2. The number of rotatable bonds is 12. The number of carbonyl (C=O) groups excluding carboxylic acids is 2. The summed E-state index contributed by atoms with van der Waals surface area (Å²) in [7, 11) is -2.12. The molecule has 2 aromatic carbocycles. The maximum atomic E-state index is 13.5. The number of anilines is 1. The molecule has 2 amide bonds. The summed E-state index contributed by atoms with van der Waals surface area (Å²) in [5, 5.41) is 2.99. The van der Waals surface area contributed by atoms with Gasteiger partial charge in [0.15, 0.2) is 0 Å². The van der Waals surface area contributed by atoms with E-state index >= 15 is 0 Å². The molecule has 0 aromatic heterocycles. The molecule has 0 saturated heterocycles. The molecule has 0 bridgehead atoms. The smallest absolute Gasteiger partial charge is 0.243 e. The van der Waals surface area contributed by atoms with Gasteiger partial charge in [0.05, 0.1) is 19.1 Å². The van der Waals surface area contributed by atoms with Gasteiger partial charge in [0, 0.05) is 25.0 Å². The zero-order valence-electron chi connectivity index (χ0n) is 22.2. The summed E-state index contributed by atoms with van der Waals surface area (Å²) >= 11 is 0. The van der Waals surface area contributed by atoms with Crippen molar-refractivity contribution in [1.29, 1.82) is 0 Å². The van der Waals surface area contributed by atoms with E-state index in [9.17, 15) is 18.0 Å². The Balaban J connectivity index is 2.24. The predicted octanol–water partition coefficient (Wildman–Crippen LogP) is 3.96. The van der Waals surface area contributed by atoms with Crippen LogP contribution in [-0.2, 0) is 26.2 Å². The van der Waals surface area contributed by atoms with Crippen LogP contribution in [0.25, 0.3) is 0 Å². The van der Waals surface area contributed by atoms with Gasteiger partial charge < -0.3 is 15.0 Å². The molecule has 0 unspecified atom stereocenters. The zero-order chi connectivity index (χ0) is 26.9. The molecule has 2 aromatic rings. The Kier molecular flexibility index (Phi) is 10.3. The van der Waals surface area contributed by atoms with E-state index in [1.54, 1.807) is 29.2 Å². The van der Waals surface area contributed by atoms with Gasteiger partial charge in [-0.25, -0.2) is 8.42 Å². The lowest BCUT2D eigenvalue weighted by atomic mass is 10.0. The molecule has 0 saturated carbocycles. The van der Waals surface area contributed by atoms with Crippen molar-refractivity contribution >= 4 is 27.5 Å². The SMILES string of the molecule is CC[C@@H](C(=O)NC(C)(C)C)N(Cc1ccccc1)C(=O)CCCN(c1ccccc1OC)S(C)(=O)=O. The van der Waals surface area contributed by atoms with Crippen molar-refractivity contribution in [3.05, 3.63) is 60.2 Å². The average molecular weight is 518 g/mol. The zero-order valence-corrected chi connectivity index (χ0v) is 23.0. The minimum Gasteiger partial charge on any atom is -0.495 e. The average Bonchev–Trinajstić information content (AvgIpc) is 2.80. The highest BCUT2D eigenvalue weighted by molar-refractivity contribution is 7.92. The number of para-hydroxylation sites is 2. The van der Waals surface area contributed by atoms with Crippen molar-refractivity contribution < 1.29 is 22.7 Å². The third kappa shape index (κ3) is 8.55.